The number of nitrogens with zero attached hydrogens (tertiary/aromatic N) is 1. The highest BCUT2D eigenvalue weighted by molar-refractivity contribution is 9.10. The SMILES string of the molecule is COc1cc(Br)cc(Nc2ccc(Cl)c(C(=O)O)n2)c1. The molecule has 2 N–H and O–H groups in total. The van der Waals surface area contributed by atoms with Gasteiger partial charge in [0, 0.05) is 16.2 Å². The van der Waals surface area contributed by atoms with Crippen LogP contribution in [-0.2, 0) is 0 Å². The number of carboxylic acid groups (broad SMARTS) is 1. The zero-order chi connectivity index (χ0) is 14.7. The molecular weight excluding hydrogens is 348 g/mol. The number of pyridine rings is 1. The minimum Gasteiger partial charge on any atom is -0.497 e. The normalized spacial score (nSPS) is 10.2. The van der Waals surface area contributed by atoms with Crippen LogP contribution >= 0.6 is 27.5 Å². The van der Waals surface area contributed by atoms with Crippen molar-refractivity contribution in [1.29, 1.82) is 0 Å². The van der Waals surface area contributed by atoms with Gasteiger partial charge in [0.05, 0.1) is 12.1 Å². The Morgan fingerprint density at radius 3 is 2.80 bits per heavy atom. The lowest BCUT2D eigenvalue weighted by Gasteiger charge is -2.09. The van der Waals surface area contributed by atoms with Crippen LogP contribution in [0.25, 0.3) is 0 Å². The molecule has 0 saturated heterocycles. The molecular formula is C13H10BrClN2O3. The molecule has 0 aliphatic rings. The van der Waals surface area contributed by atoms with Crippen LogP contribution in [0, 0.1) is 0 Å². The molecule has 5 nitrogen and oxygen atoms in total. The Morgan fingerprint density at radius 2 is 2.15 bits per heavy atom. The Kier molecular flexibility index (Phi) is 4.46. The van der Waals surface area contributed by atoms with E-state index in [4.69, 9.17) is 21.4 Å². The second-order valence-corrected chi connectivity index (χ2v) is 5.16. The number of methoxy groups -OCH3 is 1. The van der Waals surface area contributed by atoms with Gasteiger partial charge < -0.3 is 15.2 Å². The monoisotopic (exact) mass is 356 g/mol. The predicted molar refractivity (Wildman–Crippen MR) is 80.2 cm³/mol. The van der Waals surface area contributed by atoms with E-state index in [-0.39, 0.29) is 10.7 Å². The lowest BCUT2D eigenvalue weighted by Crippen LogP contribution is -2.04. The number of rotatable bonds is 4. The molecule has 0 radical (unpaired) electrons. The maximum absolute atomic E-state index is 11.0. The van der Waals surface area contributed by atoms with Crippen molar-refractivity contribution < 1.29 is 14.6 Å². The first-order valence-electron chi connectivity index (χ1n) is 5.51. The molecule has 2 aromatic rings. The van der Waals surface area contributed by atoms with Gasteiger partial charge in [-0.25, -0.2) is 9.78 Å². The van der Waals surface area contributed by atoms with Gasteiger partial charge in [-0.05, 0) is 24.3 Å². The smallest absolute Gasteiger partial charge is 0.356 e. The number of hydrogen-bond donors (Lipinski definition) is 2. The van der Waals surface area contributed by atoms with Crippen LogP contribution in [0.4, 0.5) is 11.5 Å². The number of benzene rings is 1. The average Bonchev–Trinajstić information content (AvgIpc) is 2.40. The maximum atomic E-state index is 11.0. The van der Waals surface area contributed by atoms with E-state index in [0.717, 1.165) is 4.47 Å². The van der Waals surface area contributed by atoms with Crippen LogP contribution in [0.3, 0.4) is 0 Å². The van der Waals surface area contributed by atoms with Gasteiger partial charge in [-0.15, -0.1) is 0 Å². The van der Waals surface area contributed by atoms with E-state index in [9.17, 15) is 4.79 Å². The van der Waals surface area contributed by atoms with Gasteiger partial charge in [-0.1, -0.05) is 27.5 Å². The molecule has 0 atom stereocenters. The van der Waals surface area contributed by atoms with Crippen LogP contribution in [-0.4, -0.2) is 23.2 Å². The molecule has 1 aromatic heterocycles. The Balaban J connectivity index is 2.32. The number of carboxylic acids is 1. The number of anilines is 2. The van der Waals surface area contributed by atoms with Gasteiger partial charge >= 0.3 is 5.97 Å². The summed E-state index contributed by atoms with van der Waals surface area (Å²) >= 11 is 9.13. The Hall–Kier alpha value is -1.79. The summed E-state index contributed by atoms with van der Waals surface area (Å²) in [5, 5.41) is 12.1. The van der Waals surface area contributed by atoms with Crippen molar-refractivity contribution in [3.05, 3.63) is 45.5 Å². The first-order chi connectivity index (χ1) is 9.49. The predicted octanol–water partition coefficient (Wildman–Crippen LogP) is 3.95. The lowest BCUT2D eigenvalue weighted by molar-refractivity contribution is 0.0691. The summed E-state index contributed by atoms with van der Waals surface area (Å²) in [5.41, 5.74) is 0.515. The number of ether oxygens (including phenoxy) is 1. The number of carbonyl (C=O) groups is 1. The van der Waals surface area contributed by atoms with Crippen molar-refractivity contribution in [2.75, 3.05) is 12.4 Å². The molecule has 104 valence electrons. The molecule has 1 aromatic carbocycles. The van der Waals surface area contributed by atoms with E-state index < -0.39 is 5.97 Å². The third-order valence-electron chi connectivity index (χ3n) is 2.43. The fourth-order valence-electron chi connectivity index (χ4n) is 1.56. The second-order valence-electron chi connectivity index (χ2n) is 3.84. The molecule has 2 rings (SSSR count). The fourth-order valence-corrected chi connectivity index (χ4v) is 2.22. The molecule has 0 bridgehead atoms. The van der Waals surface area contributed by atoms with Gasteiger partial charge in [-0.3, -0.25) is 0 Å². The summed E-state index contributed by atoms with van der Waals surface area (Å²) in [6.07, 6.45) is 0. The van der Waals surface area contributed by atoms with Crippen LogP contribution in [0.5, 0.6) is 5.75 Å². The van der Waals surface area contributed by atoms with Crippen molar-refractivity contribution >= 4 is 45.0 Å². The summed E-state index contributed by atoms with van der Waals surface area (Å²) in [6, 6.07) is 8.47. The van der Waals surface area contributed by atoms with Crippen LogP contribution in [0.1, 0.15) is 10.5 Å². The van der Waals surface area contributed by atoms with Crippen molar-refractivity contribution in [1.82, 2.24) is 4.98 Å². The maximum Gasteiger partial charge on any atom is 0.356 e. The third-order valence-corrected chi connectivity index (χ3v) is 3.19. The molecule has 0 amide bonds. The summed E-state index contributed by atoms with van der Waals surface area (Å²) in [4.78, 5) is 14.9. The number of nitrogens with one attached hydrogen (secondary N) is 1. The van der Waals surface area contributed by atoms with E-state index in [0.29, 0.717) is 17.3 Å². The van der Waals surface area contributed by atoms with Crippen molar-refractivity contribution in [3.63, 3.8) is 0 Å². The molecule has 7 heteroatoms. The van der Waals surface area contributed by atoms with Gasteiger partial charge in [0.25, 0.3) is 0 Å². The van der Waals surface area contributed by atoms with Gasteiger partial charge in [0.15, 0.2) is 5.69 Å². The Bertz CT molecular complexity index is 664. The molecule has 0 aliphatic heterocycles. The van der Waals surface area contributed by atoms with Crippen LogP contribution < -0.4 is 10.1 Å². The van der Waals surface area contributed by atoms with Gasteiger partial charge in [-0.2, -0.15) is 0 Å². The quantitative estimate of drug-likeness (QED) is 0.867. The second kappa shape index (κ2) is 6.11. The van der Waals surface area contributed by atoms with E-state index in [1.165, 1.54) is 6.07 Å². The molecule has 0 spiro atoms. The highest BCUT2D eigenvalue weighted by atomic mass is 79.9. The van der Waals surface area contributed by atoms with Crippen molar-refractivity contribution in [3.8, 4) is 5.75 Å². The van der Waals surface area contributed by atoms with Gasteiger partial charge in [0.2, 0.25) is 0 Å². The topological polar surface area (TPSA) is 71.5 Å². The van der Waals surface area contributed by atoms with E-state index in [1.54, 1.807) is 19.2 Å². The van der Waals surface area contributed by atoms with Crippen molar-refractivity contribution in [2.45, 2.75) is 0 Å². The zero-order valence-electron chi connectivity index (χ0n) is 10.4. The highest BCUT2D eigenvalue weighted by Crippen LogP contribution is 2.27. The minimum atomic E-state index is -1.18. The number of aromatic carboxylic acids is 1. The van der Waals surface area contributed by atoms with Crippen LogP contribution in [0.2, 0.25) is 5.02 Å². The Morgan fingerprint density at radius 1 is 1.40 bits per heavy atom. The lowest BCUT2D eigenvalue weighted by atomic mass is 10.3. The van der Waals surface area contributed by atoms with Gasteiger partial charge in [0.1, 0.15) is 11.6 Å². The Labute approximate surface area is 128 Å². The number of aromatic nitrogens is 1. The zero-order valence-corrected chi connectivity index (χ0v) is 12.7. The summed E-state index contributed by atoms with van der Waals surface area (Å²) in [7, 11) is 1.56. The summed E-state index contributed by atoms with van der Waals surface area (Å²) in [5.74, 6) is -0.133. The summed E-state index contributed by atoms with van der Waals surface area (Å²) < 4.78 is 5.97. The molecule has 20 heavy (non-hydrogen) atoms. The van der Waals surface area contributed by atoms with Crippen molar-refractivity contribution in [2.24, 2.45) is 0 Å². The minimum absolute atomic E-state index is 0.0925. The first kappa shape index (κ1) is 14.6. The largest absolute Gasteiger partial charge is 0.497 e. The summed E-state index contributed by atoms with van der Waals surface area (Å²) in [6.45, 7) is 0. The van der Waals surface area contributed by atoms with E-state index >= 15 is 0 Å². The molecule has 0 fully saturated rings. The fraction of sp³-hybridized carbons (Fsp3) is 0.0769. The molecule has 0 unspecified atom stereocenters. The van der Waals surface area contributed by atoms with E-state index in [1.807, 2.05) is 12.1 Å². The standard InChI is InChI=1S/C13H10BrClN2O3/c1-20-9-5-7(14)4-8(6-9)16-11-3-2-10(15)12(17-11)13(18)19/h2-6H,1H3,(H,16,17)(H,18,19). The number of hydrogen-bond acceptors (Lipinski definition) is 4. The molecule has 1 heterocycles. The molecule has 0 saturated carbocycles. The third kappa shape index (κ3) is 3.40. The van der Waals surface area contributed by atoms with E-state index in [2.05, 4.69) is 26.2 Å². The first-order valence-corrected chi connectivity index (χ1v) is 6.68. The molecule has 0 aliphatic carbocycles. The highest BCUT2D eigenvalue weighted by Gasteiger charge is 2.11. The van der Waals surface area contributed by atoms with Crippen LogP contribution in [0.15, 0.2) is 34.8 Å². The number of halogens is 2. The average molecular weight is 358 g/mol.